The molecule has 0 saturated carbocycles. The maximum Gasteiger partial charge on any atom is 0.331 e. The summed E-state index contributed by atoms with van der Waals surface area (Å²) in [7, 11) is 0. The lowest BCUT2D eigenvalue weighted by Crippen LogP contribution is -2.38. The Kier molecular flexibility index (Phi) is 3.88. The molecule has 0 saturated heterocycles. The molecule has 0 aliphatic heterocycles. The summed E-state index contributed by atoms with van der Waals surface area (Å²) in [4.78, 5) is 10.4. The Morgan fingerprint density at radius 3 is 1.58 bits per heavy atom. The topological polar surface area (TPSA) is 98.0 Å². The summed E-state index contributed by atoms with van der Waals surface area (Å²) in [6.45, 7) is 1.22. The summed E-state index contributed by atoms with van der Waals surface area (Å²) in [5.74, 6) is -1.34. The van der Waals surface area contributed by atoms with Crippen molar-refractivity contribution in [3.63, 3.8) is 0 Å². The third kappa shape index (κ3) is 1.82. The second kappa shape index (κ2) is 4.20. The highest BCUT2D eigenvalue weighted by molar-refractivity contribution is 5.87. The van der Waals surface area contributed by atoms with E-state index in [2.05, 4.69) is 6.58 Å². The monoisotopic (exact) mass is 176 g/mol. The smallest absolute Gasteiger partial charge is 0.331 e. The Bertz CT molecular complexity index is 174. The number of rotatable bonds is 5. The lowest BCUT2D eigenvalue weighted by molar-refractivity contribution is -0.135. The summed E-state index contributed by atoms with van der Waals surface area (Å²) in [6, 6.07) is 0. The molecule has 0 bridgehead atoms. The summed E-state index contributed by atoms with van der Waals surface area (Å²) >= 11 is 0. The van der Waals surface area contributed by atoms with E-state index in [0.717, 1.165) is 0 Å². The van der Waals surface area contributed by atoms with Gasteiger partial charge in [0.25, 0.3) is 0 Å². The van der Waals surface area contributed by atoms with Crippen LogP contribution in [0.2, 0.25) is 0 Å². The van der Waals surface area contributed by atoms with Gasteiger partial charge in [0.2, 0.25) is 0 Å². The average Bonchev–Trinajstić information content (AvgIpc) is 2.08. The quantitative estimate of drug-likeness (QED) is 0.386. The van der Waals surface area contributed by atoms with E-state index in [-0.39, 0.29) is 0 Å². The van der Waals surface area contributed by atoms with Crippen molar-refractivity contribution in [1.82, 2.24) is 0 Å². The molecule has 4 N–H and O–H groups in total. The Morgan fingerprint density at radius 1 is 1.17 bits per heavy atom. The van der Waals surface area contributed by atoms with Crippen LogP contribution in [0.4, 0.5) is 0 Å². The Labute approximate surface area is 69.6 Å². The predicted molar refractivity (Wildman–Crippen MR) is 40.5 cm³/mol. The Morgan fingerprint density at radius 2 is 1.50 bits per heavy atom. The predicted octanol–water partition coefficient (Wildman–Crippen LogP) is -1.41. The largest absolute Gasteiger partial charge is 0.478 e. The van der Waals surface area contributed by atoms with E-state index in [1.165, 1.54) is 0 Å². The van der Waals surface area contributed by atoms with Gasteiger partial charge in [-0.1, -0.05) is 6.58 Å². The maximum absolute atomic E-state index is 10.4. The Hall–Kier alpha value is -0.910. The van der Waals surface area contributed by atoms with Crippen molar-refractivity contribution in [3.8, 4) is 0 Å². The van der Waals surface area contributed by atoms with Crippen molar-refractivity contribution in [2.45, 2.75) is 0 Å². The SMILES string of the molecule is C=C(C(=O)O)C(CO)(CO)CO. The van der Waals surface area contributed by atoms with E-state index >= 15 is 0 Å². The summed E-state index contributed by atoms with van der Waals surface area (Å²) in [5, 5.41) is 34.7. The molecule has 0 rings (SSSR count). The van der Waals surface area contributed by atoms with Crippen LogP contribution in [-0.2, 0) is 4.79 Å². The van der Waals surface area contributed by atoms with Crippen LogP contribution in [0.3, 0.4) is 0 Å². The van der Waals surface area contributed by atoms with E-state index in [1.54, 1.807) is 0 Å². The van der Waals surface area contributed by atoms with Crippen LogP contribution >= 0.6 is 0 Å². The van der Waals surface area contributed by atoms with Crippen LogP contribution in [0.15, 0.2) is 12.2 Å². The highest BCUT2D eigenvalue weighted by Crippen LogP contribution is 2.24. The van der Waals surface area contributed by atoms with E-state index in [9.17, 15) is 4.79 Å². The van der Waals surface area contributed by atoms with Gasteiger partial charge in [-0.3, -0.25) is 0 Å². The number of carboxylic acids is 1. The molecule has 0 aromatic rings. The van der Waals surface area contributed by atoms with Gasteiger partial charge in [-0.05, 0) is 0 Å². The highest BCUT2D eigenvalue weighted by atomic mass is 16.4. The molecular weight excluding hydrogens is 164 g/mol. The van der Waals surface area contributed by atoms with Crippen LogP contribution in [0.25, 0.3) is 0 Å². The lowest BCUT2D eigenvalue weighted by Gasteiger charge is -2.26. The lowest BCUT2D eigenvalue weighted by atomic mass is 9.83. The normalized spacial score (nSPS) is 11.2. The molecule has 0 aliphatic carbocycles. The van der Waals surface area contributed by atoms with E-state index in [4.69, 9.17) is 20.4 Å². The van der Waals surface area contributed by atoms with E-state index in [1.807, 2.05) is 0 Å². The number of aliphatic hydroxyl groups is 3. The molecule has 0 unspecified atom stereocenters. The fraction of sp³-hybridized carbons (Fsp3) is 0.571. The highest BCUT2D eigenvalue weighted by Gasteiger charge is 2.35. The van der Waals surface area contributed by atoms with Gasteiger partial charge in [-0.25, -0.2) is 4.79 Å². The fourth-order valence-electron chi connectivity index (χ4n) is 0.663. The van der Waals surface area contributed by atoms with Gasteiger partial charge in [-0.15, -0.1) is 0 Å². The molecule has 70 valence electrons. The molecule has 0 amide bonds. The van der Waals surface area contributed by atoms with Gasteiger partial charge in [0.1, 0.15) is 0 Å². The summed E-state index contributed by atoms with van der Waals surface area (Å²) < 4.78 is 0. The first kappa shape index (κ1) is 11.1. The van der Waals surface area contributed by atoms with Crippen molar-refractivity contribution in [2.75, 3.05) is 19.8 Å². The number of hydrogen-bond donors (Lipinski definition) is 4. The fourth-order valence-corrected chi connectivity index (χ4v) is 0.663. The molecule has 0 heterocycles. The molecule has 0 aromatic carbocycles. The zero-order valence-corrected chi connectivity index (χ0v) is 6.53. The van der Waals surface area contributed by atoms with Crippen LogP contribution in [0.1, 0.15) is 0 Å². The van der Waals surface area contributed by atoms with Gasteiger partial charge in [0, 0.05) is 5.57 Å². The van der Waals surface area contributed by atoms with E-state index in [0.29, 0.717) is 0 Å². The first-order valence-corrected chi connectivity index (χ1v) is 3.29. The molecule has 0 aromatic heterocycles. The number of carbonyl (C=O) groups is 1. The molecular formula is C7H12O5. The maximum atomic E-state index is 10.4. The molecule has 12 heavy (non-hydrogen) atoms. The van der Waals surface area contributed by atoms with Crippen LogP contribution in [-0.4, -0.2) is 46.2 Å². The number of aliphatic hydroxyl groups excluding tert-OH is 3. The van der Waals surface area contributed by atoms with Gasteiger partial charge in [0.05, 0.1) is 25.2 Å². The minimum Gasteiger partial charge on any atom is -0.478 e. The average molecular weight is 176 g/mol. The molecule has 5 heteroatoms. The third-order valence-electron chi connectivity index (χ3n) is 1.81. The van der Waals surface area contributed by atoms with Crippen molar-refractivity contribution < 1.29 is 25.2 Å². The van der Waals surface area contributed by atoms with Crippen LogP contribution in [0.5, 0.6) is 0 Å². The molecule has 0 radical (unpaired) electrons. The molecule has 5 nitrogen and oxygen atoms in total. The number of hydrogen-bond acceptors (Lipinski definition) is 4. The van der Waals surface area contributed by atoms with Gasteiger partial charge >= 0.3 is 5.97 Å². The second-order valence-corrected chi connectivity index (χ2v) is 2.54. The van der Waals surface area contributed by atoms with E-state index < -0.39 is 36.8 Å². The van der Waals surface area contributed by atoms with Crippen molar-refractivity contribution in [1.29, 1.82) is 0 Å². The number of aliphatic carboxylic acids is 1. The molecule has 0 fully saturated rings. The standard InChI is InChI=1S/C7H12O5/c1-5(6(11)12)7(2-8,3-9)4-10/h8-10H,1-4H2,(H,11,12). The minimum absolute atomic E-state index is 0.394. The van der Waals surface area contributed by atoms with Crippen molar-refractivity contribution in [3.05, 3.63) is 12.2 Å². The second-order valence-electron chi connectivity index (χ2n) is 2.54. The summed E-state index contributed by atoms with van der Waals surface area (Å²) in [5.41, 5.74) is -1.92. The first-order chi connectivity index (χ1) is 5.54. The Balaban J connectivity index is 4.71. The van der Waals surface area contributed by atoms with Gasteiger partial charge < -0.3 is 20.4 Å². The zero-order valence-electron chi connectivity index (χ0n) is 6.53. The number of carboxylic acid groups (broad SMARTS) is 1. The third-order valence-corrected chi connectivity index (χ3v) is 1.81. The molecule has 0 atom stereocenters. The molecule has 0 spiro atoms. The molecule has 0 aliphatic rings. The van der Waals surface area contributed by atoms with Crippen LogP contribution < -0.4 is 0 Å². The summed E-state index contributed by atoms with van der Waals surface area (Å²) in [6.07, 6.45) is 0. The van der Waals surface area contributed by atoms with Crippen molar-refractivity contribution >= 4 is 5.97 Å². The van der Waals surface area contributed by atoms with Crippen LogP contribution in [0, 0.1) is 5.41 Å². The van der Waals surface area contributed by atoms with Gasteiger partial charge in [-0.2, -0.15) is 0 Å². The van der Waals surface area contributed by atoms with Gasteiger partial charge in [0.15, 0.2) is 0 Å². The first-order valence-electron chi connectivity index (χ1n) is 3.29. The minimum atomic E-state index is -1.52. The zero-order chi connectivity index (χ0) is 9.78. The van der Waals surface area contributed by atoms with Crippen molar-refractivity contribution in [2.24, 2.45) is 5.41 Å².